The van der Waals surface area contributed by atoms with Crippen LogP contribution in [0.25, 0.3) is 11.3 Å². The van der Waals surface area contributed by atoms with E-state index in [-0.39, 0.29) is 35.4 Å². The highest BCUT2D eigenvalue weighted by Crippen LogP contribution is 2.23. The number of methoxy groups -OCH3 is 1. The van der Waals surface area contributed by atoms with Gasteiger partial charge in [0.05, 0.1) is 12.4 Å². The first kappa shape index (κ1) is 21.3. The number of piperidine rings is 1. The van der Waals surface area contributed by atoms with Crippen molar-refractivity contribution in [2.24, 2.45) is 0 Å². The number of amides is 1. The molecule has 1 N–H and O–H groups in total. The van der Waals surface area contributed by atoms with Gasteiger partial charge < -0.3 is 14.6 Å². The SMILES string of the molecule is COCCS(=O)(=O)N1CCC(NC(=O)c2cc(-c3ccc(F)c(F)c3)on2)CC1. The molecule has 0 saturated carbocycles. The lowest BCUT2D eigenvalue weighted by molar-refractivity contribution is 0.0914. The van der Waals surface area contributed by atoms with Crippen LogP contribution >= 0.6 is 0 Å². The maximum atomic E-state index is 13.4. The first-order valence-corrected chi connectivity index (χ1v) is 10.6. The number of nitrogens with zero attached hydrogens (tertiary/aromatic N) is 2. The average molecular weight is 429 g/mol. The highest BCUT2D eigenvalue weighted by atomic mass is 32.2. The summed E-state index contributed by atoms with van der Waals surface area (Å²) in [5, 5.41) is 6.47. The summed E-state index contributed by atoms with van der Waals surface area (Å²) in [5.74, 6) is -2.44. The first-order chi connectivity index (χ1) is 13.8. The van der Waals surface area contributed by atoms with E-state index in [0.29, 0.717) is 25.9 Å². The summed E-state index contributed by atoms with van der Waals surface area (Å²) < 4.78 is 62.0. The van der Waals surface area contributed by atoms with Crippen LogP contribution in [0.15, 0.2) is 28.8 Å². The van der Waals surface area contributed by atoms with Gasteiger partial charge in [0.15, 0.2) is 23.1 Å². The molecule has 0 aliphatic carbocycles. The molecule has 3 rings (SSSR count). The van der Waals surface area contributed by atoms with Crippen LogP contribution in [-0.2, 0) is 14.8 Å². The Morgan fingerprint density at radius 1 is 1.28 bits per heavy atom. The summed E-state index contributed by atoms with van der Waals surface area (Å²) in [6.07, 6.45) is 0.928. The number of ether oxygens (including phenoxy) is 1. The molecule has 158 valence electrons. The van der Waals surface area contributed by atoms with Crippen molar-refractivity contribution in [1.29, 1.82) is 0 Å². The van der Waals surface area contributed by atoms with E-state index in [1.165, 1.54) is 23.5 Å². The summed E-state index contributed by atoms with van der Waals surface area (Å²) in [6, 6.07) is 4.37. The topological polar surface area (TPSA) is 102 Å². The third-order valence-electron chi connectivity index (χ3n) is 4.67. The fourth-order valence-corrected chi connectivity index (χ4v) is 4.43. The monoisotopic (exact) mass is 429 g/mol. The van der Waals surface area contributed by atoms with Gasteiger partial charge in [-0.25, -0.2) is 21.5 Å². The smallest absolute Gasteiger partial charge is 0.273 e. The van der Waals surface area contributed by atoms with Crippen molar-refractivity contribution in [2.45, 2.75) is 18.9 Å². The number of carbonyl (C=O) groups is 1. The van der Waals surface area contributed by atoms with Gasteiger partial charge in [-0.1, -0.05) is 5.16 Å². The quantitative estimate of drug-likeness (QED) is 0.720. The van der Waals surface area contributed by atoms with Crippen LogP contribution in [0.5, 0.6) is 0 Å². The molecule has 8 nitrogen and oxygen atoms in total. The van der Waals surface area contributed by atoms with Gasteiger partial charge in [-0.05, 0) is 31.0 Å². The minimum Gasteiger partial charge on any atom is -0.384 e. The highest BCUT2D eigenvalue weighted by Gasteiger charge is 2.29. The summed E-state index contributed by atoms with van der Waals surface area (Å²) in [4.78, 5) is 12.4. The molecule has 1 aromatic heterocycles. The second-order valence-electron chi connectivity index (χ2n) is 6.66. The van der Waals surface area contributed by atoms with Gasteiger partial charge in [0.1, 0.15) is 0 Å². The van der Waals surface area contributed by atoms with E-state index in [4.69, 9.17) is 9.26 Å². The fraction of sp³-hybridized carbons (Fsp3) is 0.444. The van der Waals surface area contributed by atoms with E-state index in [2.05, 4.69) is 10.5 Å². The molecule has 2 aromatic rings. The minimum atomic E-state index is -3.37. The minimum absolute atomic E-state index is 0.000112. The molecule has 2 heterocycles. The van der Waals surface area contributed by atoms with Gasteiger partial charge >= 0.3 is 0 Å². The standard InChI is InChI=1S/C18H21F2N3O5S/c1-27-8-9-29(25,26)23-6-4-13(5-7-23)21-18(24)16-11-17(28-22-16)12-2-3-14(19)15(20)10-12/h2-3,10-11,13H,4-9H2,1H3,(H,21,24). The van der Waals surface area contributed by atoms with Crippen molar-refractivity contribution in [3.05, 3.63) is 41.6 Å². The molecule has 0 spiro atoms. The average Bonchev–Trinajstić information content (AvgIpc) is 3.19. The molecule has 1 aliphatic heterocycles. The number of halogens is 2. The molecule has 1 aliphatic rings. The maximum absolute atomic E-state index is 13.4. The van der Waals surface area contributed by atoms with E-state index in [0.717, 1.165) is 12.1 Å². The lowest BCUT2D eigenvalue weighted by atomic mass is 10.1. The number of carbonyl (C=O) groups excluding carboxylic acids is 1. The number of aromatic nitrogens is 1. The molecule has 1 fully saturated rings. The first-order valence-electron chi connectivity index (χ1n) is 9.00. The largest absolute Gasteiger partial charge is 0.384 e. The zero-order valence-corrected chi connectivity index (χ0v) is 16.5. The van der Waals surface area contributed by atoms with E-state index < -0.39 is 27.6 Å². The second kappa shape index (κ2) is 8.97. The number of hydrogen-bond donors (Lipinski definition) is 1. The van der Waals surface area contributed by atoms with Crippen LogP contribution in [0.3, 0.4) is 0 Å². The Morgan fingerprint density at radius 3 is 2.66 bits per heavy atom. The second-order valence-corrected chi connectivity index (χ2v) is 8.75. The Balaban J connectivity index is 1.57. The number of sulfonamides is 1. The number of rotatable bonds is 7. The third kappa shape index (κ3) is 5.17. The molecular weight excluding hydrogens is 408 g/mol. The van der Waals surface area contributed by atoms with Gasteiger partial charge in [0.2, 0.25) is 10.0 Å². The summed E-state index contributed by atoms with van der Waals surface area (Å²) in [7, 11) is -1.93. The summed E-state index contributed by atoms with van der Waals surface area (Å²) in [5.41, 5.74) is 0.255. The van der Waals surface area contributed by atoms with Gasteiger partial charge in [-0.15, -0.1) is 0 Å². The maximum Gasteiger partial charge on any atom is 0.273 e. The Morgan fingerprint density at radius 2 is 2.00 bits per heavy atom. The van der Waals surface area contributed by atoms with Crippen molar-refractivity contribution in [3.8, 4) is 11.3 Å². The van der Waals surface area contributed by atoms with Crippen molar-refractivity contribution < 1.29 is 31.3 Å². The molecule has 1 saturated heterocycles. The van der Waals surface area contributed by atoms with Crippen LogP contribution in [0.4, 0.5) is 8.78 Å². The number of nitrogens with one attached hydrogen (secondary N) is 1. The van der Waals surface area contributed by atoms with Crippen LogP contribution < -0.4 is 5.32 Å². The molecule has 0 bridgehead atoms. The van der Waals surface area contributed by atoms with Crippen LogP contribution in [-0.4, -0.2) is 62.4 Å². The number of hydrogen-bond acceptors (Lipinski definition) is 6. The predicted molar refractivity (Wildman–Crippen MR) is 99.6 cm³/mol. The fourth-order valence-electron chi connectivity index (χ4n) is 3.02. The van der Waals surface area contributed by atoms with Crippen LogP contribution in [0.2, 0.25) is 0 Å². The van der Waals surface area contributed by atoms with Gasteiger partial charge in [0.25, 0.3) is 5.91 Å². The third-order valence-corrected chi connectivity index (χ3v) is 6.51. The molecule has 11 heteroatoms. The van der Waals surface area contributed by atoms with Crippen molar-refractivity contribution >= 4 is 15.9 Å². The van der Waals surface area contributed by atoms with Crippen molar-refractivity contribution in [1.82, 2.24) is 14.8 Å². The van der Waals surface area contributed by atoms with Gasteiger partial charge in [-0.3, -0.25) is 4.79 Å². The van der Waals surface area contributed by atoms with E-state index >= 15 is 0 Å². The summed E-state index contributed by atoms with van der Waals surface area (Å²) >= 11 is 0. The Hall–Kier alpha value is -2.37. The van der Waals surface area contributed by atoms with E-state index in [9.17, 15) is 22.0 Å². The van der Waals surface area contributed by atoms with Gasteiger partial charge in [0, 0.05) is 37.9 Å². The Bertz CT molecular complexity index is 972. The highest BCUT2D eigenvalue weighted by molar-refractivity contribution is 7.89. The molecule has 1 aromatic carbocycles. The molecule has 1 amide bonds. The van der Waals surface area contributed by atoms with Crippen LogP contribution in [0, 0.1) is 11.6 Å². The van der Waals surface area contributed by atoms with Crippen molar-refractivity contribution in [3.63, 3.8) is 0 Å². The predicted octanol–water partition coefficient (Wildman–Crippen LogP) is 1.79. The molecule has 29 heavy (non-hydrogen) atoms. The zero-order chi connectivity index (χ0) is 21.0. The van der Waals surface area contributed by atoms with Gasteiger partial charge in [-0.2, -0.15) is 0 Å². The lowest BCUT2D eigenvalue weighted by Gasteiger charge is -2.31. The zero-order valence-electron chi connectivity index (χ0n) is 15.7. The molecule has 0 radical (unpaired) electrons. The Kier molecular flexibility index (Phi) is 6.60. The Labute approximate surface area is 166 Å². The normalized spacial score (nSPS) is 16.1. The molecule has 0 unspecified atom stereocenters. The lowest BCUT2D eigenvalue weighted by Crippen LogP contribution is -2.47. The van der Waals surface area contributed by atoms with E-state index in [1.54, 1.807) is 0 Å². The molecule has 0 atom stereocenters. The summed E-state index contributed by atoms with van der Waals surface area (Å²) in [6.45, 7) is 0.733. The number of benzene rings is 1. The van der Waals surface area contributed by atoms with Crippen LogP contribution in [0.1, 0.15) is 23.3 Å². The van der Waals surface area contributed by atoms with E-state index in [1.807, 2.05) is 0 Å². The molecular formula is C18H21F2N3O5S. The van der Waals surface area contributed by atoms with Crippen molar-refractivity contribution in [2.75, 3.05) is 32.6 Å².